The average molecular weight is 284 g/mol. The van der Waals surface area contributed by atoms with E-state index in [0.29, 0.717) is 13.2 Å². The van der Waals surface area contributed by atoms with Gasteiger partial charge in [-0.05, 0) is 6.92 Å². The maximum Gasteiger partial charge on any atom is 0.305 e. The number of ether oxygens (including phenoxy) is 1. The second kappa shape index (κ2) is 6.12. The molecule has 1 N–H and O–H groups in total. The molecular weight excluding hydrogens is 268 g/mol. The van der Waals surface area contributed by atoms with Crippen LogP contribution in [0.25, 0.3) is 0 Å². The lowest BCUT2D eigenvalue weighted by molar-refractivity contribution is -0.145. The molecule has 2 rings (SSSR count). The highest BCUT2D eigenvalue weighted by atomic mass is 32.1. The van der Waals surface area contributed by atoms with Gasteiger partial charge in [-0.15, -0.1) is 11.3 Å². The standard InChI is InChI=1S/C12H16N2O4S/c1-8-13-9(7-19-8)4-11(15)14-2-3-18-6-10(14)5-12(16)17/h7,10H,2-6H2,1H3,(H,16,17)/t10-/m1/s1. The number of hydrogen-bond acceptors (Lipinski definition) is 5. The number of carboxylic acid groups (broad SMARTS) is 1. The van der Waals surface area contributed by atoms with Crippen LogP contribution < -0.4 is 0 Å². The fourth-order valence-corrected chi connectivity index (χ4v) is 2.71. The molecule has 6 nitrogen and oxygen atoms in total. The van der Waals surface area contributed by atoms with E-state index < -0.39 is 5.97 Å². The summed E-state index contributed by atoms with van der Waals surface area (Å²) < 4.78 is 5.25. The quantitative estimate of drug-likeness (QED) is 0.880. The smallest absolute Gasteiger partial charge is 0.305 e. The van der Waals surface area contributed by atoms with Crippen LogP contribution in [0.2, 0.25) is 0 Å². The number of carbonyl (C=O) groups excluding carboxylic acids is 1. The van der Waals surface area contributed by atoms with Gasteiger partial charge in [0.25, 0.3) is 0 Å². The summed E-state index contributed by atoms with van der Waals surface area (Å²) in [5.74, 6) is -1.00. The van der Waals surface area contributed by atoms with Crippen molar-refractivity contribution in [2.45, 2.75) is 25.8 Å². The molecule has 0 saturated carbocycles. The molecule has 1 saturated heterocycles. The molecule has 19 heavy (non-hydrogen) atoms. The first-order valence-corrected chi connectivity index (χ1v) is 6.94. The van der Waals surface area contributed by atoms with Crippen molar-refractivity contribution in [1.29, 1.82) is 0 Å². The molecule has 1 aromatic rings. The lowest BCUT2D eigenvalue weighted by Crippen LogP contribution is -2.50. The number of aryl methyl sites for hydroxylation is 1. The van der Waals surface area contributed by atoms with E-state index >= 15 is 0 Å². The Hall–Kier alpha value is -1.47. The van der Waals surface area contributed by atoms with Crippen molar-refractivity contribution < 1.29 is 19.4 Å². The van der Waals surface area contributed by atoms with Gasteiger partial charge in [-0.3, -0.25) is 9.59 Å². The van der Waals surface area contributed by atoms with E-state index in [4.69, 9.17) is 9.84 Å². The van der Waals surface area contributed by atoms with E-state index in [1.165, 1.54) is 11.3 Å². The first-order chi connectivity index (χ1) is 9.06. The van der Waals surface area contributed by atoms with Crippen molar-refractivity contribution in [3.63, 3.8) is 0 Å². The monoisotopic (exact) mass is 284 g/mol. The number of thiazole rings is 1. The number of carbonyl (C=O) groups is 2. The zero-order valence-electron chi connectivity index (χ0n) is 10.7. The summed E-state index contributed by atoms with van der Waals surface area (Å²) in [5, 5.41) is 11.6. The van der Waals surface area contributed by atoms with Crippen LogP contribution in [0.1, 0.15) is 17.1 Å². The topological polar surface area (TPSA) is 79.7 Å². The predicted molar refractivity (Wildman–Crippen MR) is 69.1 cm³/mol. The third-order valence-corrected chi connectivity index (χ3v) is 3.78. The number of carboxylic acids is 1. The Morgan fingerprint density at radius 3 is 3.05 bits per heavy atom. The Kier molecular flexibility index (Phi) is 4.49. The van der Waals surface area contributed by atoms with Gasteiger partial charge in [-0.1, -0.05) is 0 Å². The van der Waals surface area contributed by atoms with Crippen LogP contribution in [0.3, 0.4) is 0 Å². The minimum atomic E-state index is -0.919. The molecule has 2 heterocycles. The second-order valence-electron chi connectivity index (χ2n) is 4.45. The summed E-state index contributed by atoms with van der Waals surface area (Å²) in [5.41, 5.74) is 0.744. The van der Waals surface area contributed by atoms with E-state index in [2.05, 4.69) is 4.98 Å². The summed E-state index contributed by atoms with van der Waals surface area (Å²) in [7, 11) is 0. The average Bonchev–Trinajstić information content (AvgIpc) is 2.74. The minimum absolute atomic E-state index is 0.0815. The van der Waals surface area contributed by atoms with Crippen LogP contribution in [0.4, 0.5) is 0 Å². The van der Waals surface area contributed by atoms with Gasteiger partial charge in [0, 0.05) is 11.9 Å². The lowest BCUT2D eigenvalue weighted by Gasteiger charge is -2.34. The van der Waals surface area contributed by atoms with Gasteiger partial charge < -0.3 is 14.7 Å². The Morgan fingerprint density at radius 1 is 1.63 bits per heavy atom. The van der Waals surface area contributed by atoms with E-state index in [9.17, 15) is 9.59 Å². The van der Waals surface area contributed by atoms with E-state index in [1.54, 1.807) is 4.90 Å². The Labute approximate surface area is 115 Å². The zero-order chi connectivity index (χ0) is 13.8. The third kappa shape index (κ3) is 3.74. The first kappa shape index (κ1) is 14.0. The number of amides is 1. The summed E-state index contributed by atoms with van der Waals surface area (Å²) >= 11 is 1.50. The van der Waals surface area contributed by atoms with E-state index in [-0.39, 0.29) is 31.4 Å². The fraction of sp³-hybridized carbons (Fsp3) is 0.583. The Balaban J connectivity index is 2.00. The Bertz CT molecular complexity index is 474. The SMILES string of the molecule is Cc1nc(CC(=O)N2CCOC[C@H]2CC(=O)O)cs1. The summed E-state index contributed by atoms with van der Waals surface area (Å²) in [6, 6.07) is -0.376. The van der Waals surface area contributed by atoms with Crippen molar-refractivity contribution in [3.05, 3.63) is 16.1 Å². The van der Waals surface area contributed by atoms with Crippen molar-refractivity contribution in [3.8, 4) is 0 Å². The van der Waals surface area contributed by atoms with Crippen LogP contribution in [0, 0.1) is 6.92 Å². The van der Waals surface area contributed by atoms with Crippen molar-refractivity contribution in [1.82, 2.24) is 9.88 Å². The van der Waals surface area contributed by atoms with Gasteiger partial charge >= 0.3 is 5.97 Å². The van der Waals surface area contributed by atoms with Gasteiger partial charge in [0.15, 0.2) is 0 Å². The van der Waals surface area contributed by atoms with Gasteiger partial charge in [0.2, 0.25) is 5.91 Å². The van der Waals surface area contributed by atoms with Gasteiger partial charge in [-0.25, -0.2) is 4.98 Å². The summed E-state index contributed by atoms with van der Waals surface area (Å²) in [4.78, 5) is 28.9. The number of rotatable bonds is 4. The second-order valence-corrected chi connectivity index (χ2v) is 5.51. The highest BCUT2D eigenvalue weighted by Crippen LogP contribution is 2.14. The highest BCUT2D eigenvalue weighted by molar-refractivity contribution is 7.09. The van der Waals surface area contributed by atoms with Gasteiger partial charge in [-0.2, -0.15) is 0 Å². The van der Waals surface area contributed by atoms with Gasteiger partial charge in [0.05, 0.1) is 42.8 Å². The molecule has 1 aliphatic heterocycles. The molecule has 7 heteroatoms. The van der Waals surface area contributed by atoms with Crippen LogP contribution in [0.5, 0.6) is 0 Å². The Morgan fingerprint density at radius 2 is 2.42 bits per heavy atom. The largest absolute Gasteiger partial charge is 0.481 e. The fourth-order valence-electron chi connectivity index (χ4n) is 2.10. The first-order valence-electron chi connectivity index (χ1n) is 6.06. The molecule has 0 radical (unpaired) electrons. The molecule has 1 amide bonds. The molecule has 0 unspecified atom stereocenters. The number of aliphatic carboxylic acids is 1. The molecule has 0 aromatic carbocycles. The molecule has 0 spiro atoms. The van der Waals surface area contributed by atoms with Gasteiger partial charge in [0.1, 0.15) is 0 Å². The third-order valence-electron chi connectivity index (χ3n) is 2.96. The van der Waals surface area contributed by atoms with Crippen molar-refractivity contribution >= 4 is 23.2 Å². The van der Waals surface area contributed by atoms with Crippen LogP contribution in [-0.2, 0) is 20.7 Å². The summed E-state index contributed by atoms with van der Waals surface area (Å²) in [6.45, 7) is 3.08. The lowest BCUT2D eigenvalue weighted by atomic mass is 10.1. The molecule has 1 fully saturated rings. The van der Waals surface area contributed by atoms with E-state index in [0.717, 1.165) is 10.7 Å². The molecule has 104 valence electrons. The van der Waals surface area contributed by atoms with Crippen LogP contribution in [-0.4, -0.2) is 52.7 Å². The normalized spacial score (nSPS) is 19.4. The number of hydrogen-bond donors (Lipinski definition) is 1. The predicted octanol–water partition coefficient (Wildman–Crippen LogP) is 0.696. The maximum absolute atomic E-state index is 12.2. The number of aromatic nitrogens is 1. The zero-order valence-corrected chi connectivity index (χ0v) is 11.5. The number of morpholine rings is 1. The summed E-state index contributed by atoms with van der Waals surface area (Å²) in [6.07, 6.45) is 0.141. The minimum Gasteiger partial charge on any atom is -0.481 e. The van der Waals surface area contributed by atoms with E-state index in [1.807, 2.05) is 12.3 Å². The molecule has 1 aliphatic rings. The molecule has 0 bridgehead atoms. The van der Waals surface area contributed by atoms with Crippen LogP contribution in [0.15, 0.2) is 5.38 Å². The molecule has 0 aliphatic carbocycles. The molecule has 1 aromatic heterocycles. The van der Waals surface area contributed by atoms with Crippen molar-refractivity contribution in [2.24, 2.45) is 0 Å². The molecule has 1 atom stereocenters. The van der Waals surface area contributed by atoms with Crippen LogP contribution >= 0.6 is 11.3 Å². The van der Waals surface area contributed by atoms with Crippen molar-refractivity contribution in [2.75, 3.05) is 19.8 Å². The highest BCUT2D eigenvalue weighted by Gasteiger charge is 2.29. The maximum atomic E-state index is 12.2. The molecular formula is C12H16N2O4S. The number of nitrogens with zero attached hydrogens (tertiary/aromatic N) is 2.